The molecule has 3 aromatic rings. The fourth-order valence-electron chi connectivity index (χ4n) is 6.11. The number of fused-ring (bicyclic) bond motifs is 1. The number of amides is 2. The van der Waals surface area contributed by atoms with Crippen molar-refractivity contribution in [3.05, 3.63) is 94.3 Å². The highest BCUT2D eigenvalue weighted by atomic mass is 35.5. The molecule has 3 heterocycles. The number of oxime groups is 1. The third kappa shape index (κ3) is 5.46. The fraction of sp³-hybridized carbons (Fsp3) is 0.344. The number of methoxy groups -OCH3 is 1. The number of nitrogens with zero attached hydrogens (tertiary/aromatic N) is 3. The van der Waals surface area contributed by atoms with E-state index in [0.29, 0.717) is 24.4 Å². The number of piperidine rings is 1. The maximum atomic E-state index is 14.7. The van der Waals surface area contributed by atoms with Gasteiger partial charge in [-0.05, 0) is 60.7 Å². The van der Waals surface area contributed by atoms with Gasteiger partial charge in [-0.25, -0.2) is 4.39 Å². The first-order valence-corrected chi connectivity index (χ1v) is 14.6. The Balaban J connectivity index is 1.29. The molecule has 1 fully saturated rings. The van der Waals surface area contributed by atoms with Crippen molar-refractivity contribution in [2.75, 3.05) is 37.0 Å². The average Bonchev–Trinajstić information content (AvgIpc) is 3.52. The lowest BCUT2D eigenvalue weighted by molar-refractivity contribution is -0.148. The van der Waals surface area contributed by atoms with Crippen LogP contribution in [0.1, 0.15) is 42.0 Å². The molecule has 0 radical (unpaired) electrons. The van der Waals surface area contributed by atoms with Crippen molar-refractivity contribution < 1.29 is 23.6 Å². The minimum atomic E-state index is -0.983. The van der Waals surface area contributed by atoms with Gasteiger partial charge in [0.1, 0.15) is 6.04 Å². The Kier molecular flexibility index (Phi) is 8.13. The molecular formula is C32H32ClFN4O4. The number of hydrogen-bond donors (Lipinski definition) is 1. The van der Waals surface area contributed by atoms with Crippen LogP contribution in [0.5, 0.6) is 0 Å². The van der Waals surface area contributed by atoms with Gasteiger partial charge in [0.25, 0.3) is 11.8 Å². The Morgan fingerprint density at radius 1 is 1.02 bits per heavy atom. The molecule has 6 rings (SSSR count). The summed E-state index contributed by atoms with van der Waals surface area (Å²) in [6, 6.07) is 18.9. The van der Waals surface area contributed by atoms with Gasteiger partial charge in [0, 0.05) is 50.1 Å². The standard InChI is InChI=1S/C32H32ClFN4O4/c1-41-21-13-16-37(17-14-21)27-12-6-9-23-22(27)15-18-38(30(23)31(39)35-20-7-3-2-4-8-20)32(40)28-19-26(36-42-28)24-10-5-11-25(33)29(24)34/h2-12,21,28,30H,13-19H2,1H3,(H,35,39). The normalized spacial score (nSPS) is 20.5. The number of anilines is 2. The Hall–Kier alpha value is -3.95. The molecule has 2 atom stereocenters. The summed E-state index contributed by atoms with van der Waals surface area (Å²) in [5.74, 6) is -1.30. The van der Waals surface area contributed by atoms with Crippen LogP contribution in [-0.2, 0) is 25.6 Å². The van der Waals surface area contributed by atoms with Crippen molar-refractivity contribution in [3.8, 4) is 0 Å². The Labute approximate surface area is 249 Å². The molecule has 3 aromatic carbocycles. The molecule has 0 bridgehead atoms. The zero-order valence-electron chi connectivity index (χ0n) is 23.3. The van der Waals surface area contributed by atoms with Gasteiger partial charge in [0.2, 0.25) is 6.10 Å². The molecule has 0 spiro atoms. The fourth-order valence-corrected chi connectivity index (χ4v) is 6.29. The van der Waals surface area contributed by atoms with Gasteiger partial charge < -0.3 is 24.7 Å². The van der Waals surface area contributed by atoms with Crippen LogP contribution in [0.4, 0.5) is 15.8 Å². The van der Waals surface area contributed by atoms with Crippen LogP contribution in [0.2, 0.25) is 5.02 Å². The van der Waals surface area contributed by atoms with E-state index in [1.807, 2.05) is 42.5 Å². The zero-order chi connectivity index (χ0) is 29.2. The molecule has 3 aliphatic heterocycles. The van der Waals surface area contributed by atoms with Gasteiger partial charge in [-0.15, -0.1) is 0 Å². The number of carbonyl (C=O) groups excluding carboxylic acids is 2. The summed E-state index contributed by atoms with van der Waals surface area (Å²) in [6.07, 6.45) is 1.77. The van der Waals surface area contributed by atoms with E-state index >= 15 is 0 Å². The van der Waals surface area contributed by atoms with Crippen molar-refractivity contribution in [2.45, 2.75) is 43.9 Å². The third-order valence-corrected chi connectivity index (χ3v) is 8.58. The number of rotatable bonds is 6. The molecule has 218 valence electrons. The van der Waals surface area contributed by atoms with Crippen LogP contribution in [0.25, 0.3) is 0 Å². The molecule has 2 unspecified atom stereocenters. The van der Waals surface area contributed by atoms with Gasteiger partial charge in [-0.3, -0.25) is 9.59 Å². The van der Waals surface area contributed by atoms with E-state index in [2.05, 4.69) is 21.4 Å². The largest absolute Gasteiger partial charge is 0.382 e. The van der Waals surface area contributed by atoms with E-state index in [1.165, 1.54) is 6.07 Å². The van der Waals surface area contributed by atoms with Crippen LogP contribution < -0.4 is 10.2 Å². The molecule has 42 heavy (non-hydrogen) atoms. The average molecular weight is 591 g/mol. The van der Waals surface area contributed by atoms with E-state index in [9.17, 15) is 14.0 Å². The van der Waals surface area contributed by atoms with Gasteiger partial charge in [-0.2, -0.15) is 0 Å². The third-order valence-electron chi connectivity index (χ3n) is 8.29. The van der Waals surface area contributed by atoms with Crippen LogP contribution in [0.15, 0.2) is 71.9 Å². The summed E-state index contributed by atoms with van der Waals surface area (Å²) in [5, 5.41) is 6.99. The number of carbonyl (C=O) groups is 2. The van der Waals surface area contributed by atoms with E-state index in [1.54, 1.807) is 24.1 Å². The maximum absolute atomic E-state index is 14.7. The van der Waals surface area contributed by atoms with E-state index in [0.717, 1.165) is 42.7 Å². The van der Waals surface area contributed by atoms with E-state index in [4.69, 9.17) is 21.2 Å². The van der Waals surface area contributed by atoms with Crippen LogP contribution in [-0.4, -0.2) is 61.4 Å². The quantitative estimate of drug-likeness (QED) is 0.418. The van der Waals surface area contributed by atoms with Crippen molar-refractivity contribution in [3.63, 3.8) is 0 Å². The lowest BCUT2D eigenvalue weighted by atomic mass is 9.89. The van der Waals surface area contributed by atoms with Gasteiger partial charge in [0.15, 0.2) is 5.82 Å². The summed E-state index contributed by atoms with van der Waals surface area (Å²) in [4.78, 5) is 37.3. The SMILES string of the molecule is COC1CCN(c2cccc3c2CCN(C(=O)C2CC(c4cccc(Cl)c4F)=NO2)C3C(=O)Nc2ccccc2)CC1. The van der Waals surface area contributed by atoms with Gasteiger partial charge in [-0.1, -0.05) is 53.2 Å². The number of nitrogens with one attached hydrogen (secondary N) is 1. The molecule has 0 aliphatic carbocycles. The lowest BCUT2D eigenvalue weighted by Gasteiger charge is -2.40. The lowest BCUT2D eigenvalue weighted by Crippen LogP contribution is -2.49. The number of para-hydroxylation sites is 1. The number of ether oxygens (including phenoxy) is 1. The van der Waals surface area contributed by atoms with Crippen molar-refractivity contribution in [1.82, 2.24) is 4.90 Å². The second-order valence-electron chi connectivity index (χ2n) is 10.7. The van der Waals surface area contributed by atoms with E-state index in [-0.39, 0.29) is 34.9 Å². The maximum Gasteiger partial charge on any atom is 0.267 e. The minimum Gasteiger partial charge on any atom is -0.382 e. The smallest absolute Gasteiger partial charge is 0.267 e. The molecule has 0 aromatic heterocycles. The highest BCUT2D eigenvalue weighted by molar-refractivity contribution is 6.31. The first kappa shape index (κ1) is 28.2. The second-order valence-corrected chi connectivity index (χ2v) is 11.2. The summed E-state index contributed by atoms with van der Waals surface area (Å²) in [5.41, 5.74) is 4.08. The molecule has 8 nitrogen and oxygen atoms in total. The molecule has 1 N–H and O–H groups in total. The Morgan fingerprint density at radius 3 is 2.55 bits per heavy atom. The van der Waals surface area contributed by atoms with Crippen LogP contribution in [0, 0.1) is 5.82 Å². The van der Waals surface area contributed by atoms with Crippen molar-refractivity contribution in [2.24, 2.45) is 5.16 Å². The molecule has 2 amide bonds. The second kappa shape index (κ2) is 12.1. The van der Waals surface area contributed by atoms with Crippen LogP contribution >= 0.6 is 11.6 Å². The Morgan fingerprint density at radius 2 is 1.79 bits per heavy atom. The monoisotopic (exact) mass is 590 g/mol. The number of halogens is 2. The van der Waals surface area contributed by atoms with Crippen molar-refractivity contribution in [1.29, 1.82) is 0 Å². The number of benzene rings is 3. The summed E-state index contributed by atoms with van der Waals surface area (Å²) in [7, 11) is 1.75. The van der Waals surface area contributed by atoms with Gasteiger partial charge >= 0.3 is 0 Å². The molecule has 10 heteroatoms. The highest BCUT2D eigenvalue weighted by Crippen LogP contribution is 2.38. The highest BCUT2D eigenvalue weighted by Gasteiger charge is 2.42. The summed E-state index contributed by atoms with van der Waals surface area (Å²) < 4.78 is 20.2. The topological polar surface area (TPSA) is 83.5 Å². The van der Waals surface area contributed by atoms with Crippen molar-refractivity contribution >= 4 is 40.5 Å². The predicted octanol–water partition coefficient (Wildman–Crippen LogP) is 5.35. The van der Waals surface area contributed by atoms with Gasteiger partial charge in [0.05, 0.1) is 16.8 Å². The minimum absolute atomic E-state index is 0.0301. The molecular weight excluding hydrogens is 559 g/mol. The summed E-state index contributed by atoms with van der Waals surface area (Å²) >= 11 is 5.96. The molecule has 1 saturated heterocycles. The zero-order valence-corrected chi connectivity index (χ0v) is 24.0. The summed E-state index contributed by atoms with van der Waals surface area (Å²) in [6.45, 7) is 2.04. The van der Waals surface area contributed by atoms with E-state index < -0.39 is 18.0 Å². The first-order chi connectivity index (χ1) is 20.4. The molecule has 0 saturated carbocycles. The van der Waals surface area contributed by atoms with Crippen LogP contribution in [0.3, 0.4) is 0 Å². The molecule has 3 aliphatic rings. The first-order valence-electron chi connectivity index (χ1n) is 14.2. The number of hydrogen-bond acceptors (Lipinski definition) is 6. The predicted molar refractivity (Wildman–Crippen MR) is 159 cm³/mol. The Bertz CT molecular complexity index is 1510.